The summed E-state index contributed by atoms with van der Waals surface area (Å²) in [6.45, 7) is 0. The van der Waals surface area contributed by atoms with Crippen molar-refractivity contribution >= 4 is 0 Å². The maximum absolute atomic E-state index is 8.41. The van der Waals surface area contributed by atoms with Gasteiger partial charge in [-0.1, -0.05) is 0 Å². The van der Waals surface area contributed by atoms with Gasteiger partial charge in [-0.2, -0.15) is 0 Å². The largest absolute Gasteiger partial charge is 1.00 e. The summed E-state index contributed by atoms with van der Waals surface area (Å²) in [4.78, 5) is 0. The first kappa shape index (κ1) is 22.4. The van der Waals surface area contributed by atoms with Gasteiger partial charge in [0.15, 0.2) is 0 Å². The molecule has 0 rings (SSSR count). The van der Waals surface area contributed by atoms with E-state index in [1.807, 2.05) is 0 Å². The molecule has 0 bridgehead atoms. The molecule has 0 unspecified atom stereocenters. The molecule has 7 heavy (non-hydrogen) atoms. The Labute approximate surface area is 136 Å². The molecular formula is Cl2K2O3. The molecule has 0 heterocycles. The van der Waals surface area contributed by atoms with Gasteiger partial charge in [-0.3, -0.25) is 0 Å². The summed E-state index contributed by atoms with van der Waals surface area (Å²) in [7, 11) is -2.85. The van der Waals surface area contributed by atoms with E-state index >= 15 is 0 Å². The fourth-order valence-electron chi connectivity index (χ4n) is 0. The van der Waals surface area contributed by atoms with E-state index in [0.29, 0.717) is 0 Å². The molecule has 0 amide bonds. The first-order valence-corrected chi connectivity index (χ1v) is 1.39. The minimum Gasteiger partial charge on any atom is -1.00 e. The third kappa shape index (κ3) is 41.8. The molecule has 34 valence electrons. The second kappa shape index (κ2) is 16.4. The summed E-state index contributed by atoms with van der Waals surface area (Å²) in [5.41, 5.74) is 0. The normalized spacial score (nSPS) is 5.14. The van der Waals surface area contributed by atoms with E-state index in [0.717, 1.165) is 0 Å². The minimum absolute atomic E-state index is 0. The molecule has 0 aromatic rings. The van der Waals surface area contributed by atoms with Crippen LogP contribution in [0.1, 0.15) is 0 Å². The summed E-state index contributed by atoms with van der Waals surface area (Å²) in [5.74, 6) is 0. The SMILES string of the molecule is [Cl-].[K+].[K+].[O-][Cl+2]([O-])[O-]. The van der Waals surface area contributed by atoms with Gasteiger partial charge in [-0.15, -0.1) is 0 Å². The van der Waals surface area contributed by atoms with Crippen molar-refractivity contribution in [3.05, 3.63) is 0 Å². The van der Waals surface area contributed by atoms with Gasteiger partial charge >= 0.3 is 103 Å². The molecule has 7 heteroatoms. The summed E-state index contributed by atoms with van der Waals surface area (Å²) < 4.78 is 25.2. The van der Waals surface area contributed by atoms with Crippen molar-refractivity contribution in [3.8, 4) is 0 Å². The van der Waals surface area contributed by atoms with Crippen molar-refractivity contribution in [1.29, 1.82) is 0 Å². The molecule has 3 nitrogen and oxygen atoms in total. The van der Waals surface area contributed by atoms with Crippen molar-refractivity contribution in [2.45, 2.75) is 0 Å². The van der Waals surface area contributed by atoms with E-state index in [-0.39, 0.29) is 115 Å². The number of hydrogen-bond donors (Lipinski definition) is 0. The molecule has 0 radical (unpaired) electrons. The average molecular weight is 197 g/mol. The van der Waals surface area contributed by atoms with Crippen molar-refractivity contribution in [1.82, 2.24) is 0 Å². The monoisotopic (exact) mass is 196 g/mol. The van der Waals surface area contributed by atoms with Crippen molar-refractivity contribution < 1.29 is 140 Å². The van der Waals surface area contributed by atoms with Crippen LogP contribution in [0, 0.1) is 10.8 Å². The Hall–Kier alpha value is 3.73. The Kier molecular flexibility index (Phi) is 52.5. The molecule has 0 aromatic carbocycles. The first-order chi connectivity index (χ1) is 1.73. The van der Waals surface area contributed by atoms with Crippen LogP contribution in [-0.4, -0.2) is 0 Å². The summed E-state index contributed by atoms with van der Waals surface area (Å²) in [5, 5.41) is 0. The van der Waals surface area contributed by atoms with Crippen LogP contribution in [0.25, 0.3) is 0 Å². The van der Waals surface area contributed by atoms with Crippen LogP contribution < -0.4 is 129 Å². The second-order valence-electron chi connectivity index (χ2n) is 0.189. The predicted octanol–water partition coefficient (Wildman–Crippen LogP) is -12.6. The molecule has 0 aromatic heterocycles. The summed E-state index contributed by atoms with van der Waals surface area (Å²) >= 11 is 0. The van der Waals surface area contributed by atoms with E-state index in [1.165, 1.54) is 0 Å². The third-order valence-electron chi connectivity index (χ3n) is 0. The van der Waals surface area contributed by atoms with Gasteiger partial charge in [0.05, 0.1) is 10.8 Å². The minimum atomic E-state index is -2.85. The molecule has 0 fully saturated rings. The first-order valence-electron chi connectivity index (χ1n) is 0.463. The zero-order valence-electron chi connectivity index (χ0n) is 3.98. The Balaban J connectivity index is -0.0000000150. The molecule has 0 aliphatic carbocycles. The molecule has 0 saturated carbocycles. The Morgan fingerprint density at radius 3 is 0.857 bits per heavy atom. The van der Waals surface area contributed by atoms with Crippen molar-refractivity contribution in [2.24, 2.45) is 0 Å². The van der Waals surface area contributed by atoms with Crippen LogP contribution in [0.2, 0.25) is 0 Å². The van der Waals surface area contributed by atoms with Gasteiger partial charge in [0.2, 0.25) is 0 Å². The third-order valence-corrected chi connectivity index (χ3v) is 0. The maximum atomic E-state index is 8.41. The van der Waals surface area contributed by atoms with E-state index in [1.54, 1.807) is 0 Å². The van der Waals surface area contributed by atoms with Crippen molar-refractivity contribution in [2.75, 3.05) is 0 Å². The van der Waals surface area contributed by atoms with E-state index in [2.05, 4.69) is 0 Å². The fourth-order valence-corrected chi connectivity index (χ4v) is 0. The van der Waals surface area contributed by atoms with Crippen LogP contribution in [-0.2, 0) is 0 Å². The van der Waals surface area contributed by atoms with Gasteiger partial charge in [-0.05, 0) is 0 Å². The summed E-state index contributed by atoms with van der Waals surface area (Å²) in [6.07, 6.45) is 0. The van der Waals surface area contributed by atoms with Crippen molar-refractivity contribution in [3.63, 3.8) is 0 Å². The van der Waals surface area contributed by atoms with Crippen LogP contribution in [0.3, 0.4) is 0 Å². The van der Waals surface area contributed by atoms with E-state index in [9.17, 15) is 0 Å². The zero-order valence-corrected chi connectivity index (χ0v) is 11.7. The number of halogens is 2. The van der Waals surface area contributed by atoms with Crippen LogP contribution in [0.15, 0.2) is 0 Å². The molecule has 0 saturated heterocycles. The molecule has 0 N–H and O–H groups in total. The number of rotatable bonds is 0. The van der Waals surface area contributed by atoms with E-state index in [4.69, 9.17) is 14.0 Å². The Morgan fingerprint density at radius 1 is 0.857 bits per heavy atom. The standard InChI is InChI=1S/ClO3.ClH.2K/c2-1(3)4;;;/h;1H;;/q-1;;2*+1/p-1. The van der Waals surface area contributed by atoms with Gasteiger partial charge in [0.1, 0.15) is 0 Å². The smallest absolute Gasteiger partial charge is 1.00 e. The molecule has 0 spiro atoms. The van der Waals surface area contributed by atoms with E-state index < -0.39 is 10.8 Å². The fraction of sp³-hybridized carbons (Fsp3) is 0. The predicted molar refractivity (Wildman–Crippen MR) is 0 cm³/mol. The second-order valence-corrected chi connectivity index (χ2v) is 0.567. The van der Waals surface area contributed by atoms with Gasteiger partial charge in [-0.25, -0.2) is 0 Å². The summed E-state index contributed by atoms with van der Waals surface area (Å²) in [6, 6.07) is 0. The van der Waals surface area contributed by atoms with Gasteiger partial charge in [0.25, 0.3) is 0 Å². The molecule has 0 aliphatic heterocycles. The maximum Gasteiger partial charge on any atom is 1.00 e. The topological polar surface area (TPSA) is 69.2 Å². The van der Waals surface area contributed by atoms with Crippen LogP contribution in [0.5, 0.6) is 0 Å². The molecule has 0 atom stereocenters. The Bertz CT molecular complexity index is 15.7. The molecular weight excluding hydrogens is 197 g/mol. The van der Waals surface area contributed by atoms with Crippen LogP contribution >= 0.6 is 0 Å². The zero-order chi connectivity index (χ0) is 3.58. The molecule has 0 aliphatic rings. The quantitative estimate of drug-likeness (QED) is 0.362. The van der Waals surface area contributed by atoms with Gasteiger partial charge in [0, 0.05) is 0 Å². The number of hydrogen-bond acceptors (Lipinski definition) is 3. The Morgan fingerprint density at radius 2 is 0.857 bits per heavy atom. The van der Waals surface area contributed by atoms with Crippen LogP contribution in [0.4, 0.5) is 0 Å². The van der Waals surface area contributed by atoms with Gasteiger partial charge < -0.3 is 26.4 Å². The average Bonchev–Trinajstić information content (AvgIpc) is 0.811.